The van der Waals surface area contributed by atoms with Crippen LogP contribution in [0, 0.1) is 0 Å². The highest BCUT2D eigenvalue weighted by Gasteiger charge is 2.15. The summed E-state index contributed by atoms with van der Waals surface area (Å²) in [6.07, 6.45) is 3.34. The molecule has 4 rings (SSSR count). The number of fused-ring (bicyclic) bond motifs is 2. The number of likely N-dealkylation sites (N-methyl/N-ethyl adjacent to an activating group) is 1. The molecule has 1 amide bonds. The normalized spacial score (nSPS) is 12.8. The highest BCUT2D eigenvalue weighted by Crippen LogP contribution is 2.36. The van der Waals surface area contributed by atoms with Crippen molar-refractivity contribution in [3.8, 4) is 11.5 Å². The Morgan fingerprint density at radius 3 is 2.88 bits per heavy atom. The van der Waals surface area contributed by atoms with Crippen molar-refractivity contribution in [2.24, 2.45) is 0 Å². The van der Waals surface area contributed by atoms with E-state index in [1.54, 1.807) is 35.4 Å². The molecule has 2 aromatic carbocycles. The molecule has 0 fully saturated rings. The predicted molar refractivity (Wildman–Crippen MR) is 105 cm³/mol. The van der Waals surface area contributed by atoms with Crippen LogP contribution in [0.3, 0.4) is 0 Å². The molecule has 0 spiro atoms. The number of carbonyl (C=O) groups excluding carboxylic acids is 1. The number of thiophene rings is 1. The van der Waals surface area contributed by atoms with Crippen LogP contribution in [0.1, 0.15) is 10.4 Å². The predicted octanol–water partition coefficient (Wildman–Crippen LogP) is 4.96. The molecule has 1 aromatic heterocycles. The summed E-state index contributed by atoms with van der Waals surface area (Å²) in [4.78, 5) is 15.0. The summed E-state index contributed by atoms with van der Waals surface area (Å²) in [6.45, 7) is 0.728. The standard InChI is InChI=1S/C20H16ClNO3S/c1-22(11-13-6-7-15-16(10-13)25-12-24-15)19(23)9-8-18-20(21)14-4-2-3-5-17(14)26-18/h2-10H,11-12H2,1H3/b9-8+. The average molecular weight is 386 g/mol. The zero-order chi connectivity index (χ0) is 18.1. The van der Waals surface area contributed by atoms with Gasteiger partial charge in [0, 0.05) is 34.6 Å². The molecule has 26 heavy (non-hydrogen) atoms. The number of hydrogen-bond acceptors (Lipinski definition) is 4. The molecule has 0 radical (unpaired) electrons. The number of halogens is 1. The summed E-state index contributed by atoms with van der Waals surface area (Å²) in [5, 5.41) is 1.70. The first-order valence-electron chi connectivity index (χ1n) is 8.10. The molecule has 0 unspecified atom stereocenters. The second kappa shape index (κ2) is 7.02. The van der Waals surface area contributed by atoms with Crippen LogP contribution < -0.4 is 9.47 Å². The van der Waals surface area contributed by atoms with E-state index in [2.05, 4.69) is 0 Å². The molecular weight excluding hydrogens is 370 g/mol. The molecule has 0 bridgehead atoms. The lowest BCUT2D eigenvalue weighted by Crippen LogP contribution is -2.24. The molecule has 132 valence electrons. The zero-order valence-electron chi connectivity index (χ0n) is 14.1. The van der Waals surface area contributed by atoms with Crippen molar-refractivity contribution < 1.29 is 14.3 Å². The monoisotopic (exact) mass is 385 g/mol. The van der Waals surface area contributed by atoms with E-state index in [4.69, 9.17) is 21.1 Å². The molecule has 0 aliphatic carbocycles. The van der Waals surface area contributed by atoms with Gasteiger partial charge in [0.2, 0.25) is 12.7 Å². The SMILES string of the molecule is CN(Cc1ccc2c(c1)OCO2)C(=O)/C=C/c1sc2ccccc2c1Cl. The summed E-state index contributed by atoms with van der Waals surface area (Å²) in [5.74, 6) is 1.37. The van der Waals surface area contributed by atoms with Gasteiger partial charge >= 0.3 is 0 Å². The minimum Gasteiger partial charge on any atom is -0.454 e. The number of hydrogen-bond donors (Lipinski definition) is 0. The summed E-state index contributed by atoms with van der Waals surface area (Å²) in [6, 6.07) is 13.6. The maximum atomic E-state index is 12.4. The molecular formula is C20H16ClNO3S. The van der Waals surface area contributed by atoms with Gasteiger partial charge in [-0.3, -0.25) is 4.79 Å². The Labute approximate surface area is 160 Å². The fourth-order valence-electron chi connectivity index (χ4n) is 2.81. The van der Waals surface area contributed by atoms with E-state index >= 15 is 0 Å². The number of amides is 1. The van der Waals surface area contributed by atoms with Gasteiger partial charge in [-0.2, -0.15) is 0 Å². The van der Waals surface area contributed by atoms with Gasteiger partial charge in [-0.1, -0.05) is 35.9 Å². The average Bonchev–Trinajstić information content (AvgIpc) is 3.24. The molecule has 3 aromatic rings. The van der Waals surface area contributed by atoms with E-state index < -0.39 is 0 Å². The van der Waals surface area contributed by atoms with Gasteiger partial charge in [-0.05, 0) is 29.8 Å². The van der Waals surface area contributed by atoms with Crippen molar-refractivity contribution in [3.05, 3.63) is 64.0 Å². The first-order valence-corrected chi connectivity index (χ1v) is 9.30. The van der Waals surface area contributed by atoms with Crippen LogP contribution in [0.5, 0.6) is 11.5 Å². The molecule has 0 saturated heterocycles. The molecule has 1 aliphatic heterocycles. The number of carbonyl (C=O) groups is 1. The van der Waals surface area contributed by atoms with Gasteiger partial charge in [-0.25, -0.2) is 0 Å². The van der Waals surface area contributed by atoms with E-state index in [-0.39, 0.29) is 12.7 Å². The largest absolute Gasteiger partial charge is 0.454 e. The van der Waals surface area contributed by atoms with E-state index in [0.29, 0.717) is 11.6 Å². The third kappa shape index (κ3) is 3.28. The quantitative estimate of drug-likeness (QED) is 0.596. The fourth-order valence-corrected chi connectivity index (χ4v) is 4.20. The Morgan fingerprint density at radius 1 is 1.23 bits per heavy atom. The van der Waals surface area contributed by atoms with Crippen LogP contribution in [-0.2, 0) is 11.3 Å². The van der Waals surface area contributed by atoms with Crippen LogP contribution in [0.2, 0.25) is 5.02 Å². The summed E-state index contributed by atoms with van der Waals surface area (Å²) >= 11 is 7.99. The van der Waals surface area contributed by atoms with Crippen molar-refractivity contribution in [2.45, 2.75) is 6.54 Å². The Hall–Kier alpha value is -2.50. The minimum absolute atomic E-state index is 0.0869. The molecule has 1 aliphatic rings. The van der Waals surface area contributed by atoms with Crippen molar-refractivity contribution in [1.82, 2.24) is 4.90 Å². The van der Waals surface area contributed by atoms with E-state index in [0.717, 1.165) is 32.0 Å². The van der Waals surface area contributed by atoms with Crippen molar-refractivity contribution >= 4 is 45.0 Å². The summed E-state index contributed by atoms with van der Waals surface area (Å²) in [5.41, 5.74) is 0.985. The van der Waals surface area contributed by atoms with Crippen LogP contribution >= 0.6 is 22.9 Å². The third-order valence-corrected chi connectivity index (χ3v) is 5.83. The topological polar surface area (TPSA) is 38.8 Å². The Bertz CT molecular complexity index is 1010. The summed E-state index contributed by atoms with van der Waals surface area (Å²) in [7, 11) is 1.77. The Balaban J connectivity index is 1.46. The van der Waals surface area contributed by atoms with E-state index in [9.17, 15) is 4.79 Å². The summed E-state index contributed by atoms with van der Waals surface area (Å²) < 4.78 is 11.8. The lowest BCUT2D eigenvalue weighted by atomic mass is 10.2. The molecule has 6 heteroatoms. The maximum absolute atomic E-state index is 12.4. The Morgan fingerprint density at radius 2 is 2.04 bits per heavy atom. The third-order valence-electron chi connectivity index (χ3n) is 4.17. The van der Waals surface area contributed by atoms with Gasteiger partial charge < -0.3 is 14.4 Å². The molecule has 2 heterocycles. The highest BCUT2D eigenvalue weighted by atomic mass is 35.5. The Kier molecular flexibility index (Phi) is 4.57. The van der Waals surface area contributed by atoms with Gasteiger partial charge in [0.15, 0.2) is 11.5 Å². The first kappa shape index (κ1) is 16.9. The highest BCUT2D eigenvalue weighted by molar-refractivity contribution is 7.20. The van der Waals surface area contributed by atoms with Crippen LogP contribution in [0.15, 0.2) is 48.5 Å². The zero-order valence-corrected chi connectivity index (χ0v) is 15.6. The van der Waals surface area contributed by atoms with Crippen LogP contribution in [0.25, 0.3) is 16.2 Å². The smallest absolute Gasteiger partial charge is 0.246 e. The number of nitrogens with zero attached hydrogens (tertiary/aromatic N) is 1. The molecule has 0 saturated carbocycles. The van der Waals surface area contributed by atoms with Gasteiger partial charge in [0.05, 0.1) is 5.02 Å². The van der Waals surface area contributed by atoms with Crippen molar-refractivity contribution in [1.29, 1.82) is 0 Å². The lowest BCUT2D eigenvalue weighted by molar-refractivity contribution is -0.125. The fraction of sp³-hybridized carbons (Fsp3) is 0.150. The molecule has 0 N–H and O–H groups in total. The second-order valence-corrected chi connectivity index (χ2v) is 7.45. The van der Waals surface area contributed by atoms with E-state index in [1.807, 2.05) is 42.5 Å². The number of ether oxygens (including phenoxy) is 2. The first-order chi connectivity index (χ1) is 12.6. The lowest BCUT2D eigenvalue weighted by Gasteiger charge is -2.15. The second-order valence-electron chi connectivity index (χ2n) is 5.99. The minimum atomic E-state index is -0.0869. The van der Waals surface area contributed by atoms with Crippen molar-refractivity contribution in [3.63, 3.8) is 0 Å². The molecule has 4 nitrogen and oxygen atoms in total. The van der Waals surface area contributed by atoms with Crippen LogP contribution in [0.4, 0.5) is 0 Å². The number of rotatable bonds is 4. The van der Waals surface area contributed by atoms with Gasteiger partial charge in [0.1, 0.15) is 0 Å². The number of benzene rings is 2. The van der Waals surface area contributed by atoms with Gasteiger partial charge in [0.25, 0.3) is 0 Å². The molecule has 0 atom stereocenters. The van der Waals surface area contributed by atoms with E-state index in [1.165, 1.54) is 0 Å². The maximum Gasteiger partial charge on any atom is 0.246 e. The van der Waals surface area contributed by atoms with Gasteiger partial charge in [-0.15, -0.1) is 11.3 Å². The van der Waals surface area contributed by atoms with Crippen molar-refractivity contribution in [2.75, 3.05) is 13.8 Å². The van der Waals surface area contributed by atoms with Crippen LogP contribution in [-0.4, -0.2) is 24.6 Å².